The van der Waals surface area contributed by atoms with Gasteiger partial charge in [-0.2, -0.15) is 0 Å². The van der Waals surface area contributed by atoms with Crippen LogP contribution >= 0.6 is 11.8 Å². The SMILES string of the molecule is O=C1CCC(n2nnc3ccccc32)N1CCSc1ccc2ccccc2c1. The molecule has 0 N–H and O–H groups in total. The maximum absolute atomic E-state index is 12.5. The minimum atomic E-state index is -0.0443. The fraction of sp³-hybridized carbons (Fsp3) is 0.227. The Hall–Kier alpha value is -2.86. The quantitative estimate of drug-likeness (QED) is 0.473. The van der Waals surface area contributed by atoms with E-state index in [1.807, 2.05) is 33.8 Å². The molecule has 0 spiro atoms. The molecule has 0 radical (unpaired) electrons. The number of amides is 1. The summed E-state index contributed by atoms with van der Waals surface area (Å²) in [6, 6.07) is 22.8. The lowest BCUT2D eigenvalue weighted by Gasteiger charge is -2.25. The number of fused-ring (bicyclic) bond motifs is 2. The zero-order valence-corrected chi connectivity index (χ0v) is 16.2. The molecule has 140 valence electrons. The van der Waals surface area contributed by atoms with E-state index >= 15 is 0 Å². The van der Waals surface area contributed by atoms with Crippen molar-refractivity contribution < 1.29 is 4.79 Å². The average Bonchev–Trinajstić information content (AvgIpc) is 3.31. The molecule has 0 bridgehead atoms. The molecule has 4 aromatic rings. The van der Waals surface area contributed by atoms with Crippen molar-refractivity contribution in [3.63, 3.8) is 0 Å². The zero-order chi connectivity index (χ0) is 18.9. The van der Waals surface area contributed by atoms with E-state index < -0.39 is 0 Å². The molecule has 28 heavy (non-hydrogen) atoms. The summed E-state index contributed by atoms with van der Waals surface area (Å²) in [6.45, 7) is 0.704. The Morgan fingerprint density at radius 3 is 2.75 bits per heavy atom. The standard InChI is InChI=1S/C22H20N4OS/c27-22-12-11-21(26-20-8-4-3-7-19(20)23-24-26)25(22)13-14-28-18-10-9-16-5-1-2-6-17(16)15-18/h1-10,15,21H,11-14H2. The summed E-state index contributed by atoms with van der Waals surface area (Å²) >= 11 is 1.79. The molecule has 5 nitrogen and oxygen atoms in total. The third kappa shape index (κ3) is 3.14. The Kier molecular flexibility index (Phi) is 4.49. The van der Waals surface area contributed by atoms with Crippen LogP contribution in [0.15, 0.2) is 71.6 Å². The fourth-order valence-electron chi connectivity index (χ4n) is 3.87. The van der Waals surface area contributed by atoms with Gasteiger partial charge in [0, 0.05) is 23.6 Å². The number of likely N-dealkylation sites (tertiary alicyclic amines) is 1. The molecule has 0 aliphatic carbocycles. The third-order valence-corrected chi connectivity index (χ3v) is 6.25. The summed E-state index contributed by atoms with van der Waals surface area (Å²) in [5.41, 5.74) is 1.85. The number of rotatable bonds is 5. The lowest BCUT2D eigenvalue weighted by atomic mass is 10.1. The highest BCUT2D eigenvalue weighted by Gasteiger charge is 2.33. The fourth-order valence-corrected chi connectivity index (χ4v) is 4.77. The summed E-state index contributed by atoms with van der Waals surface area (Å²) in [5.74, 6) is 1.05. The molecule has 3 aromatic carbocycles. The van der Waals surface area contributed by atoms with E-state index in [0.29, 0.717) is 13.0 Å². The van der Waals surface area contributed by atoms with Gasteiger partial charge in [0.05, 0.1) is 5.52 Å². The number of para-hydroxylation sites is 1. The molecule has 6 heteroatoms. The Morgan fingerprint density at radius 1 is 1.00 bits per heavy atom. The first kappa shape index (κ1) is 17.3. The number of benzene rings is 3. The van der Waals surface area contributed by atoms with Crippen molar-refractivity contribution in [3.05, 3.63) is 66.7 Å². The number of hydrogen-bond acceptors (Lipinski definition) is 4. The van der Waals surface area contributed by atoms with Crippen LogP contribution in [0, 0.1) is 0 Å². The summed E-state index contributed by atoms with van der Waals surface area (Å²) in [5, 5.41) is 11.1. The molecule has 1 atom stereocenters. The topological polar surface area (TPSA) is 51.0 Å². The molecule has 1 saturated heterocycles. The van der Waals surface area contributed by atoms with Crippen LogP contribution in [0.3, 0.4) is 0 Å². The monoisotopic (exact) mass is 388 g/mol. The molecule has 1 amide bonds. The van der Waals surface area contributed by atoms with Gasteiger partial charge in [0.1, 0.15) is 11.7 Å². The Morgan fingerprint density at radius 2 is 1.82 bits per heavy atom. The summed E-state index contributed by atoms with van der Waals surface area (Å²) in [6.07, 6.45) is 1.31. The van der Waals surface area contributed by atoms with Crippen molar-refractivity contribution in [2.75, 3.05) is 12.3 Å². The molecule has 1 aliphatic heterocycles. The predicted molar refractivity (Wildman–Crippen MR) is 112 cm³/mol. The maximum atomic E-state index is 12.5. The second-order valence-electron chi connectivity index (χ2n) is 6.99. The normalized spacial score (nSPS) is 17.1. The van der Waals surface area contributed by atoms with Gasteiger partial charge in [-0.05, 0) is 41.5 Å². The highest BCUT2D eigenvalue weighted by molar-refractivity contribution is 7.99. The number of aromatic nitrogens is 3. The molecule has 0 saturated carbocycles. The number of carbonyl (C=O) groups is 1. The van der Waals surface area contributed by atoms with Crippen LogP contribution in [0.2, 0.25) is 0 Å². The molecule has 1 aromatic heterocycles. The van der Waals surface area contributed by atoms with Gasteiger partial charge in [-0.3, -0.25) is 4.79 Å². The minimum absolute atomic E-state index is 0.0443. The smallest absolute Gasteiger partial charge is 0.224 e. The molecule has 5 rings (SSSR count). The van der Waals surface area contributed by atoms with Gasteiger partial charge in [-0.1, -0.05) is 47.7 Å². The predicted octanol–water partition coefficient (Wildman–Crippen LogP) is 4.50. The van der Waals surface area contributed by atoms with Crippen LogP contribution < -0.4 is 0 Å². The van der Waals surface area contributed by atoms with Gasteiger partial charge >= 0.3 is 0 Å². The number of carbonyl (C=O) groups excluding carboxylic acids is 1. The Balaban J connectivity index is 1.31. The van der Waals surface area contributed by atoms with E-state index in [2.05, 4.69) is 52.8 Å². The van der Waals surface area contributed by atoms with Crippen LogP contribution in [-0.2, 0) is 4.79 Å². The van der Waals surface area contributed by atoms with Gasteiger partial charge in [0.2, 0.25) is 5.91 Å². The van der Waals surface area contributed by atoms with E-state index in [9.17, 15) is 4.79 Å². The lowest BCUT2D eigenvalue weighted by molar-refractivity contribution is -0.129. The average molecular weight is 388 g/mol. The molecule has 2 heterocycles. The minimum Gasteiger partial charge on any atom is -0.319 e. The van der Waals surface area contributed by atoms with Crippen molar-refractivity contribution in [3.8, 4) is 0 Å². The third-order valence-electron chi connectivity index (χ3n) is 5.28. The van der Waals surface area contributed by atoms with Crippen molar-refractivity contribution >= 4 is 39.5 Å². The molecular formula is C22H20N4OS. The van der Waals surface area contributed by atoms with E-state index in [1.54, 1.807) is 11.8 Å². The first-order valence-corrected chi connectivity index (χ1v) is 10.5. The van der Waals surface area contributed by atoms with Gasteiger partial charge in [0.15, 0.2) is 0 Å². The van der Waals surface area contributed by atoms with Crippen LogP contribution in [0.5, 0.6) is 0 Å². The second kappa shape index (κ2) is 7.28. The Labute approximate surface area is 167 Å². The van der Waals surface area contributed by atoms with Gasteiger partial charge in [0.25, 0.3) is 0 Å². The summed E-state index contributed by atoms with van der Waals surface area (Å²) < 4.78 is 1.90. The highest BCUT2D eigenvalue weighted by Crippen LogP contribution is 2.31. The second-order valence-corrected chi connectivity index (χ2v) is 8.15. The van der Waals surface area contributed by atoms with Crippen LogP contribution in [0.1, 0.15) is 19.0 Å². The van der Waals surface area contributed by atoms with E-state index in [1.165, 1.54) is 15.7 Å². The number of hydrogen-bond donors (Lipinski definition) is 0. The van der Waals surface area contributed by atoms with Gasteiger partial charge in [-0.15, -0.1) is 16.9 Å². The number of nitrogens with zero attached hydrogens (tertiary/aromatic N) is 4. The molecular weight excluding hydrogens is 368 g/mol. The summed E-state index contributed by atoms with van der Waals surface area (Å²) in [7, 11) is 0. The van der Waals surface area contributed by atoms with E-state index in [4.69, 9.17) is 0 Å². The van der Waals surface area contributed by atoms with Crippen LogP contribution in [0.25, 0.3) is 21.8 Å². The van der Waals surface area contributed by atoms with E-state index in [-0.39, 0.29) is 12.1 Å². The first-order valence-electron chi connectivity index (χ1n) is 9.50. The van der Waals surface area contributed by atoms with Gasteiger partial charge < -0.3 is 4.90 Å². The van der Waals surface area contributed by atoms with Crippen LogP contribution in [-0.4, -0.2) is 38.1 Å². The maximum Gasteiger partial charge on any atom is 0.224 e. The Bertz CT molecular complexity index is 1160. The largest absolute Gasteiger partial charge is 0.319 e. The van der Waals surface area contributed by atoms with Crippen LogP contribution in [0.4, 0.5) is 0 Å². The zero-order valence-electron chi connectivity index (χ0n) is 15.4. The van der Waals surface area contributed by atoms with Crippen molar-refractivity contribution in [2.24, 2.45) is 0 Å². The summed E-state index contributed by atoms with van der Waals surface area (Å²) in [4.78, 5) is 15.7. The first-order chi connectivity index (χ1) is 13.8. The van der Waals surface area contributed by atoms with Crippen molar-refractivity contribution in [1.82, 2.24) is 19.9 Å². The molecule has 1 unspecified atom stereocenters. The number of thioether (sulfide) groups is 1. The molecule has 1 fully saturated rings. The lowest BCUT2D eigenvalue weighted by Crippen LogP contribution is -2.33. The molecule has 1 aliphatic rings. The van der Waals surface area contributed by atoms with E-state index in [0.717, 1.165) is 23.2 Å². The van der Waals surface area contributed by atoms with Crippen molar-refractivity contribution in [1.29, 1.82) is 0 Å². The van der Waals surface area contributed by atoms with Gasteiger partial charge in [-0.25, -0.2) is 4.68 Å². The highest BCUT2D eigenvalue weighted by atomic mass is 32.2. The van der Waals surface area contributed by atoms with Crippen molar-refractivity contribution in [2.45, 2.75) is 23.9 Å².